The van der Waals surface area contributed by atoms with Crippen LogP contribution in [0.2, 0.25) is 0 Å². The number of hydrogen-bond acceptors (Lipinski definition) is 6. The van der Waals surface area contributed by atoms with Gasteiger partial charge in [0.05, 0.1) is 22.6 Å². The standard InChI is InChI=1S/C14H17ClN2O6/c15-5-7-22-14(18)16-12-8-10(17(19)20)3-4-13(12)23-9-11-2-1-6-21-11/h3-4,8,11H,1-2,5-7,9H2,(H,16,18). The number of nitro groups is 1. The zero-order valence-electron chi connectivity index (χ0n) is 12.3. The Morgan fingerprint density at radius 1 is 1.52 bits per heavy atom. The van der Waals surface area contributed by atoms with Crippen molar-refractivity contribution in [1.82, 2.24) is 0 Å². The van der Waals surface area contributed by atoms with Gasteiger partial charge in [-0.3, -0.25) is 15.4 Å². The van der Waals surface area contributed by atoms with Crippen LogP contribution >= 0.6 is 11.6 Å². The Morgan fingerprint density at radius 3 is 3.00 bits per heavy atom. The molecule has 23 heavy (non-hydrogen) atoms. The van der Waals surface area contributed by atoms with Gasteiger partial charge in [-0.1, -0.05) is 0 Å². The molecule has 9 heteroatoms. The Kier molecular flexibility index (Phi) is 6.42. The van der Waals surface area contributed by atoms with Crippen molar-refractivity contribution >= 4 is 29.1 Å². The molecule has 1 heterocycles. The highest BCUT2D eigenvalue weighted by Gasteiger charge is 2.19. The third-order valence-corrected chi connectivity index (χ3v) is 3.32. The Labute approximate surface area is 137 Å². The second-order valence-corrected chi connectivity index (χ2v) is 5.21. The van der Waals surface area contributed by atoms with Crippen LogP contribution in [0, 0.1) is 10.1 Å². The molecule has 1 aromatic rings. The van der Waals surface area contributed by atoms with E-state index < -0.39 is 11.0 Å². The summed E-state index contributed by atoms with van der Waals surface area (Å²) in [6.45, 7) is 1.04. The van der Waals surface area contributed by atoms with Crippen molar-refractivity contribution in [2.24, 2.45) is 0 Å². The average Bonchev–Trinajstić information content (AvgIpc) is 3.05. The van der Waals surface area contributed by atoms with Crippen LogP contribution in [0.1, 0.15) is 12.8 Å². The minimum absolute atomic E-state index is 0.0127. The molecule has 1 N–H and O–H groups in total. The number of carbonyl (C=O) groups excluding carboxylic acids is 1. The molecule has 2 rings (SSSR count). The van der Waals surface area contributed by atoms with Gasteiger partial charge in [0.2, 0.25) is 0 Å². The molecule has 1 fully saturated rings. The number of amides is 1. The minimum atomic E-state index is -0.756. The van der Waals surface area contributed by atoms with Crippen molar-refractivity contribution in [3.05, 3.63) is 28.3 Å². The fourth-order valence-electron chi connectivity index (χ4n) is 2.09. The van der Waals surface area contributed by atoms with Gasteiger partial charge in [0.15, 0.2) is 0 Å². The predicted molar refractivity (Wildman–Crippen MR) is 83.3 cm³/mol. The van der Waals surface area contributed by atoms with Gasteiger partial charge >= 0.3 is 6.09 Å². The lowest BCUT2D eigenvalue weighted by atomic mass is 10.2. The van der Waals surface area contributed by atoms with Crippen LogP contribution in [0.25, 0.3) is 0 Å². The molecule has 0 saturated carbocycles. The Morgan fingerprint density at radius 2 is 2.35 bits per heavy atom. The van der Waals surface area contributed by atoms with Crippen molar-refractivity contribution in [3.63, 3.8) is 0 Å². The number of alkyl halides is 1. The first-order valence-electron chi connectivity index (χ1n) is 7.12. The van der Waals surface area contributed by atoms with Gasteiger partial charge < -0.3 is 14.2 Å². The number of nitro benzene ring substituents is 1. The van der Waals surface area contributed by atoms with Crippen molar-refractivity contribution in [2.45, 2.75) is 18.9 Å². The number of benzene rings is 1. The summed E-state index contributed by atoms with van der Waals surface area (Å²) in [4.78, 5) is 21.9. The van der Waals surface area contributed by atoms with Crippen molar-refractivity contribution in [3.8, 4) is 5.75 Å². The fraction of sp³-hybridized carbons (Fsp3) is 0.500. The van der Waals surface area contributed by atoms with Crippen LogP contribution in [-0.2, 0) is 9.47 Å². The summed E-state index contributed by atoms with van der Waals surface area (Å²) in [6.07, 6.45) is 1.10. The number of carbonyl (C=O) groups is 1. The average molecular weight is 345 g/mol. The van der Waals surface area contributed by atoms with E-state index in [4.69, 9.17) is 25.8 Å². The highest BCUT2D eigenvalue weighted by atomic mass is 35.5. The van der Waals surface area contributed by atoms with Crippen molar-refractivity contribution in [1.29, 1.82) is 0 Å². The summed E-state index contributed by atoms with van der Waals surface area (Å²) in [7, 11) is 0. The molecule has 0 aromatic heterocycles. The van der Waals surface area contributed by atoms with Gasteiger partial charge in [0.25, 0.3) is 5.69 Å². The molecule has 1 amide bonds. The van der Waals surface area contributed by atoms with E-state index in [2.05, 4.69) is 5.32 Å². The zero-order valence-corrected chi connectivity index (χ0v) is 13.1. The first-order chi connectivity index (χ1) is 11.1. The molecule has 0 aliphatic carbocycles. The molecule has 1 aromatic carbocycles. The van der Waals surface area contributed by atoms with E-state index in [9.17, 15) is 14.9 Å². The summed E-state index contributed by atoms with van der Waals surface area (Å²) < 4.78 is 15.9. The quantitative estimate of drug-likeness (QED) is 0.463. The van der Waals surface area contributed by atoms with Crippen LogP contribution in [-0.4, -0.2) is 42.8 Å². The van der Waals surface area contributed by atoms with E-state index in [1.807, 2.05) is 0 Å². The van der Waals surface area contributed by atoms with Gasteiger partial charge in [-0.25, -0.2) is 4.79 Å². The predicted octanol–water partition coefficient (Wildman–Crippen LogP) is 2.94. The molecule has 0 spiro atoms. The number of ether oxygens (including phenoxy) is 3. The molecule has 1 aliphatic rings. The van der Waals surface area contributed by atoms with Crippen LogP contribution in [0.3, 0.4) is 0 Å². The number of hydrogen-bond donors (Lipinski definition) is 1. The highest BCUT2D eigenvalue weighted by molar-refractivity contribution is 6.18. The number of anilines is 1. The molecule has 1 unspecified atom stereocenters. The molecule has 1 atom stereocenters. The third kappa shape index (κ3) is 5.26. The molecule has 0 bridgehead atoms. The lowest BCUT2D eigenvalue weighted by molar-refractivity contribution is -0.384. The minimum Gasteiger partial charge on any atom is -0.489 e. The Hall–Kier alpha value is -2.06. The largest absolute Gasteiger partial charge is 0.489 e. The molecule has 126 valence electrons. The number of rotatable bonds is 7. The molecule has 1 saturated heterocycles. The van der Waals surface area contributed by atoms with Gasteiger partial charge in [-0.2, -0.15) is 0 Å². The van der Waals surface area contributed by atoms with Crippen molar-refractivity contribution in [2.75, 3.05) is 31.0 Å². The van der Waals surface area contributed by atoms with Crippen LogP contribution in [0.4, 0.5) is 16.2 Å². The van der Waals surface area contributed by atoms with Crippen molar-refractivity contribution < 1.29 is 23.9 Å². The highest BCUT2D eigenvalue weighted by Crippen LogP contribution is 2.30. The van der Waals surface area contributed by atoms with Gasteiger partial charge in [-0.15, -0.1) is 11.6 Å². The van der Waals surface area contributed by atoms with E-state index in [0.29, 0.717) is 19.0 Å². The summed E-state index contributed by atoms with van der Waals surface area (Å²) in [6, 6.07) is 3.96. The molecule has 0 radical (unpaired) electrons. The van der Waals surface area contributed by atoms with E-state index in [-0.39, 0.29) is 30.0 Å². The Bertz CT molecular complexity index is 562. The van der Waals surface area contributed by atoms with Crippen LogP contribution in [0.15, 0.2) is 18.2 Å². The second kappa shape index (κ2) is 8.54. The van der Waals surface area contributed by atoms with Crippen LogP contribution < -0.4 is 10.1 Å². The van der Waals surface area contributed by atoms with E-state index in [0.717, 1.165) is 12.8 Å². The zero-order chi connectivity index (χ0) is 16.7. The van der Waals surface area contributed by atoms with Gasteiger partial charge in [0, 0.05) is 18.7 Å². The van der Waals surface area contributed by atoms with E-state index >= 15 is 0 Å². The molecular formula is C14H17ClN2O6. The molecule has 1 aliphatic heterocycles. The van der Waals surface area contributed by atoms with Crippen LogP contribution in [0.5, 0.6) is 5.75 Å². The maximum absolute atomic E-state index is 11.6. The first kappa shape index (κ1) is 17.3. The maximum atomic E-state index is 11.6. The SMILES string of the molecule is O=C(Nc1cc([N+](=O)[O-])ccc1OCC1CCCO1)OCCCl. The summed E-state index contributed by atoms with van der Waals surface area (Å²) in [5.74, 6) is 0.471. The number of nitrogens with zero attached hydrogens (tertiary/aromatic N) is 1. The summed E-state index contributed by atoms with van der Waals surface area (Å²) in [5.41, 5.74) is -0.00104. The Balaban J connectivity index is 2.08. The number of nitrogens with one attached hydrogen (secondary N) is 1. The number of non-ortho nitro benzene ring substituents is 1. The molecular weight excluding hydrogens is 328 g/mol. The summed E-state index contributed by atoms with van der Waals surface area (Å²) in [5, 5.41) is 13.3. The summed E-state index contributed by atoms with van der Waals surface area (Å²) >= 11 is 5.44. The normalized spacial score (nSPS) is 16.8. The van der Waals surface area contributed by atoms with Gasteiger partial charge in [0.1, 0.15) is 19.0 Å². The van der Waals surface area contributed by atoms with Gasteiger partial charge in [-0.05, 0) is 18.9 Å². The second-order valence-electron chi connectivity index (χ2n) is 4.83. The smallest absolute Gasteiger partial charge is 0.411 e. The fourth-order valence-corrected chi connectivity index (χ4v) is 2.17. The van der Waals surface area contributed by atoms with E-state index in [1.54, 1.807) is 0 Å². The third-order valence-electron chi connectivity index (χ3n) is 3.17. The number of halogens is 1. The maximum Gasteiger partial charge on any atom is 0.411 e. The topological polar surface area (TPSA) is 99.9 Å². The van der Waals surface area contributed by atoms with E-state index in [1.165, 1.54) is 18.2 Å². The lowest BCUT2D eigenvalue weighted by Crippen LogP contribution is -2.19. The monoisotopic (exact) mass is 344 g/mol. The first-order valence-corrected chi connectivity index (χ1v) is 7.66. The molecule has 8 nitrogen and oxygen atoms in total. The lowest BCUT2D eigenvalue weighted by Gasteiger charge is -2.15.